The van der Waals surface area contributed by atoms with Gasteiger partial charge in [-0.15, -0.1) is 0 Å². The van der Waals surface area contributed by atoms with Crippen LogP contribution in [0.1, 0.15) is 18.5 Å². The molecule has 2 N–H and O–H groups in total. The lowest BCUT2D eigenvalue weighted by atomic mass is 10.1. The molecular formula is C15H14BrN3O3. The molecule has 22 heavy (non-hydrogen) atoms. The zero-order valence-corrected chi connectivity index (χ0v) is 13.5. The van der Waals surface area contributed by atoms with E-state index in [0.29, 0.717) is 29.6 Å². The van der Waals surface area contributed by atoms with E-state index >= 15 is 0 Å². The Morgan fingerprint density at radius 1 is 1.45 bits per heavy atom. The van der Waals surface area contributed by atoms with Crippen LogP contribution < -0.4 is 5.56 Å². The highest BCUT2D eigenvalue weighted by molar-refractivity contribution is 9.10. The van der Waals surface area contributed by atoms with Crippen LogP contribution >= 0.6 is 15.9 Å². The van der Waals surface area contributed by atoms with Crippen molar-refractivity contribution in [2.45, 2.75) is 26.3 Å². The molecule has 2 heterocycles. The minimum absolute atomic E-state index is 0.0346. The number of rotatable bonds is 4. The molecule has 3 rings (SSSR count). The average Bonchev–Trinajstić information content (AvgIpc) is 2.85. The summed E-state index contributed by atoms with van der Waals surface area (Å²) in [5.41, 5.74) is 1.99. The number of H-pyrrole nitrogens is 1. The first-order chi connectivity index (χ1) is 10.5. The van der Waals surface area contributed by atoms with E-state index in [1.54, 1.807) is 4.57 Å². The van der Waals surface area contributed by atoms with Gasteiger partial charge in [-0.2, -0.15) is 5.10 Å². The van der Waals surface area contributed by atoms with Gasteiger partial charge in [0.05, 0.1) is 10.9 Å². The van der Waals surface area contributed by atoms with Crippen molar-refractivity contribution in [2.75, 3.05) is 0 Å². The van der Waals surface area contributed by atoms with Crippen molar-refractivity contribution in [3.8, 4) is 0 Å². The van der Waals surface area contributed by atoms with E-state index in [9.17, 15) is 9.59 Å². The zero-order valence-electron chi connectivity index (χ0n) is 11.9. The fraction of sp³-hybridized carbons (Fsp3) is 0.267. The average molecular weight is 364 g/mol. The predicted octanol–water partition coefficient (Wildman–Crippen LogP) is 2.81. The summed E-state index contributed by atoms with van der Waals surface area (Å²) in [5.74, 6) is -0.860. The molecule has 7 heteroatoms. The molecule has 0 saturated carbocycles. The number of carbonyl (C=O) groups is 1. The van der Waals surface area contributed by atoms with E-state index in [0.717, 1.165) is 15.4 Å². The van der Waals surface area contributed by atoms with E-state index in [1.807, 2.05) is 25.1 Å². The number of carboxylic acid groups (broad SMARTS) is 1. The van der Waals surface area contributed by atoms with Gasteiger partial charge in [0, 0.05) is 28.5 Å². The quantitative estimate of drug-likeness (QED) is 0.745. The van der Waals surface area contributed by atoms with Gasteiger partial charge in [0.25, 0.3) is 5.56 Å². The van der Waals surface area contributed by atoms with Crippen LogP contribution in [-0.4, -0.2) is 25.8 Å². The Kier molecular flexibility index (Phi) is 3.74. The molecule has 1 aromatic carbocycles. The maximum absolute atomic E-state index is 12.7. The summed E-state index contributed by atoms with van der Waals surface area (Å²) in [7, 11) is 0. The second-order valence-electron chi connectivity index (χ2n) is 5.19. The Bertz CT molecular complexity index is 942. The van der Waals surface area contributed by atoms with Gasteiger partial charge in [0.2, 0.25) is 0 Å². The third kappa shape index (κ3) is 2.41. The first-order valence-electron chi connectivity index (χ1n) is 6.87. The topological polar surface area (TPSA) is 88.0 Å². The fourth-order valence-electron chi connectivity index (χ4n) is 2.67. The number of benzene rings is 1. The standard InChI is InChI=1S/C15H14BrN3O3/c1-8-13-14(18-17-8)10-7-9(16)4-5-11(10)19(15(13)22)6-2-3-12(20)21/h4-5,7H,2-3,6H2,1H3,(H,17,18)(H,20,21). The van der Waals surface area contributed by atoms with E-state index in [1.165, 1.54) is 0 Å². The van der Waals surface area contributed by atoms with E-state index in [-0.39, 0.29) is 12.0 Å². The van der Waals surface area contributed by atoms with Crippen LogP contribution in [0.4, 0.5) is 0 Å². The molecule has 2 aromatic heterocycles. The van der Waals surface area contributed by atoms with Crippen molar-refractivity contribution in [3.05, 3.63) is 38.7 Å². The van der Waals surface area contributed by atoms with Crippen LogP contribution in [0.3, 0.4) is 0 Å². The van der Waals surface area contributed by atoms with Crippen LogP contribution in [0.5, 0.6) is 0 Å². The highest BCUT2D eigenvalue weighted by Gasteiger charge is 2.15. The molecule has 0 bridgehead atoms. The number of fused-ring (bicyclic) bond motifs is 3. The van der Waals surface area contributed by atoms with Crippen LogP contribution in [0.2, 0.25) is 0 Å². The third-order valence-corrected chi connectivity index (χ3v) is 4.18. The SMILES string of the molecule is Cc1[nH]nc2c1c(=O)n(CCCC(=O)O)c1ccc(Br)cc21. The molecule has 3 aromatic rings. The number of aromatic nitrogens is 3. The van der Waals surface area contributed by atoms with Gasteiger partial charge >= 0.3 is 5.97 Å². The smallest absolute Gasteiger partial charge is 0.303 e. The second-order valence-corrected chi connectivity index (χ2v) is 6.10. The minimum atomic E-state index is -0.860. The van der Waals surface area contributed by atoms with Crippen molar-refractivity contribution >= 4 is 43.7 Å². The summed E-state index contributed by atoms with van der Waals surface area (Å²) in [4.78, 5) is 23.4. The van der Waals surface area contributed by atoms with Gasteiger partial charge in [-0.25, -0.2) is 0 Å². The van der Waals surface area contributed by atoms with Crippen LogP contribution in [0.15, 0.2) is 27.5 Å². The monoisotopic (exact) mass is 363 g/mol. The summed E-state index contributed by atoms with van der Waals surface area (Å²) in [6.45, 7) is 2.17. The van der Waals surface area contributed by atoms with Crippen molar-refractivity contribution in [1.82, 2.24) is 14.8 Å². The zero-order chi connectivity index (χ0) is 15.9. The highest BCUT2D eigenvalue weighted by Crippen LogP contribution is 2.26. The highest BCUT2D eigenvalue weighted by atomic mass is 79.9. The van der Waals surface area contributed by atoms with Crippen LogP contribution in [0, 0.1) is 6.92 Å². The predicted molar refractivity (Wildman–Crippen MR) is 87.2 cm³/mol. The van der Waals surface area contributed by atoms with Gasteiger partial charge < -0.3 is 9.67 Å². The lowest BCUT2D eigenvalue weighted by Crippen LogP contribution is -2.21. The lowest BCUT2D eigenvalue weighted by Gasteiger charge is -2.11. The number of hydrogen-bond donors (Lipinski definition) is 2. The molecule has 0 atom stereocenters. The molecule has 114 valence electrons. The van der Waals surface area contributed by atoms with Gasteiger partial charge in [-0.3, -0.25) is 14.7 Å². The normalized spacial score (nSPS) is 11.4. The third-order valence-electron chi connectivity index (χ3n) is 3.68. The molecular weight excluding hydrogens is 350 g/mol. The molecule has 6 nitrogen and oxygen atoms in total. The van der Waals surface area contributed by atoms with Crippen molar-refractivity contribution in [1.29, 1.82) is 0 Å². The molecule has 0 saturated heterocycles. The van der Waals surface area contributed by atoms with Gasteiger partial charge in [-0.05, 0) is 31.5 Å². The van der Waals surface area contributed by atoms with E-state index in [4.69, 9.17) is 5.11 Å². The van der Waals surface area contributed by atoms with Crippen molar-refractivity contribution in [3.63, 3.8) is 0 Å². The molecule has 0 radical (unpaired) electrons. The Morgan fingerprint density at radius 2 is 2.23 bits per heavy atom. The maximum atomic E-state index is 12.7. The second kappa shape index (κ2) is 5.57. The fourth-order valence-corrected chi connectivity index (χ4v) is 3.03. The van der Waals surface area contributed by atoms with Crippen molar-refractivity contribution in [2.24, 2.45) is 0 Å². The first-order valence-corrected chi connectivity index (χ1v) is 7.67. The number of hydrogen-bond acceptors (Lipinski definition) is 3. The minimum Gasteiger partial charge on any atom is -0.481 e. The molecule has 0 aliphatic carbocycles. The summed E-state index contributed by atoms with van der Waals surface area (Å²) >= 11 is 3.44. The Labute approximate surface area is 133 Å². The summed E-state index contributed by atoms with van der Waals surface area (Å²) in [5, 5.41) is 17.3. The number of aliphatic carboxylic acids is 1. The number of nitrogens with zero attached hydrogens (tertiary/aromatic N) is 2. The Balaban J connectivity index is 2.27. The maximum Gasteiger partial charge on any atom is 0.303 e. The first kappa shape index (κ1) is 14.8. The van der Waals surface area contributed by atoms with Crippen LogP contribution in [-0.2, 0) is 11.3 Å². The Morgan fingerprint density at radius 3 is 2.95 bits per heavy atom. The number of nitrogens with one attached hydrogen (secondary N) is 1. The van der Waals surface area contributed by atoms with Crippen LogP contribution in [0.25, 0.3) is 21.8 Å². The van der Waals surface area contributed by atoms with E-state index in [2.05, 4.69) is 26.1 Å². The Hall–Kier alpha value is -2.15. The molecule has 0 unspecified atom stereocenters. The molecule has 0 amide bonds. The molecule has 0 fully saturated rings. The summed E-state index contributed by atoms with van der Waals surface area (Å²) in [6, 6.07) is 5.64. The summed E-state index contributed by atoms with van der Waals surface area (Å²) in [6.07, 6.45) is 0.440. The molecule has 0 spiro atoms. The number of halogens is 1. The van der Waals surface area contributed by atoms with Gasteiger partial charge in [-0.1, -0.05) is 15.9 Å². The van der Waals surface area contributed by atoms with Crippen molar-refractivity contribution < 1.29 is 9.90 Å². The number of aromatic amines is 1. The number of carboxylic acids is 1. The van der Waals surface area contributed by atoms with E-state index < -0.39 is 5.97 Å². The van der Waals surface area contributed by atoms with Gasteiger partial charge in [0.15, 0.2) is 0 Å². The lowest BCUT2D eigenvalue weighted by molar-refractivity contribution is -0.137. The molecule has 0 aliphatic heterocycles. The molecule has 0 aliphatic rings. The van der Waals surface area contributed by atoms with Gasteiger partial charge in [0.1, 0.15) is 5.52 Å². The summed E-state index contributed by atoms with van der Waals surface area (Å²) < 4.78 is 2.54. The largest absolute Gasteiger partial charge is 0.481 e. The number of pyridine rings is 1. The number of aryl methyl sites for hydroxylation is 2.